The van der Waals surface area contributed by atoms with E-state index in [4.69, 9.17) is 5.26 Å². The van der Waals surface area contributed by atoms with Crippen LogP contribution in [0.15, 0.2) is 35.7 Å². The van der Waals surface area contributed by atoms with Gasteiger partial charge in [-0.25, -0.2) is 0 Å². The molecule has 108 valence electrons. The summed E-state index contributed by atoms with van der Waals surface area (Å²) in [5.41, 5.74) is 1.01. The Labute approximate surface area is 127 Å². The van der Waals surface area contributed by atoms with Crippen molar-refractivity contribution in [3.63, 3.8) is 0 Å². The van der Waals surface area contributed by atoms with Crippen molar-refractivity contribution in [1.29, 1.82) is 5.26 Å². The van der Waals surface area contributed by atoms with Crippen LogP contribution in [0.2, 0.25) is 0 Å². The highest BCUT2D eigenvalue weighted by Gasteiger charge is 2.08. The number of hydrogen-bond acceptors (Lipinski definition) is 5. The zero-order valence-electron chi connectivity index (χ0n) is 11.6. The number of thioether (sulfide) groups is 1. The van der Waals surface area contributed by atoms with E-state index in [2.05, 4.69) is 21.6 Å². The molecule has 0 radical (unpaired) electrons. The number of hydrogen-bond donors (Lipinski definition) is 1. The van der Waals surface area contributed by atoms with Gasteiger partial charge in [0.25, 0.3) is 0 Å². The Morgan fingerprint density at radius 1 is 1.48 bits per heavy atom. The molecule has 1 aromatic carbocycles. The van der Waals surface area contributed by atoms with Gasteiger partial charge in [0.15, 0.2) is 5.16 Å². The molecule has 1 heterocycles. The maximum absolute atomic E-state index is 11.9. The summed E-state index contributed by atoms with van der Waals surface area (Å²) in [6, 6.07) is 9.00. The molecule has 0 saturated heterocycles. The van der Waals surface area contributed by atoms with E-state index in [1.807, 2.05) is 11.5 Å². The number of anilines is 1. The van der Waals surface area contributed by atoms with Gasteiger partial charge in [0.1, 0.15) is 12.4 Å². The van der Waals surface area contributed by atoms with E-state index in [0.29, 0.717) is 23.4 Å². The Morgan fingerprint density at radius 3 is 3.05 bits per heavy atom. The number of amides is 1. The van der Waals surface area contributed by atoms with Crippen LogP contribution in [-0.4, -0.2) is 26.4 Å². The summed E-state index contributed by atoms with van der Waals surface area (Å²) in [6.07, 6.45) is 2.02. The summed E-state index contributed by atoms with van der Waals surface area (Å²) in [7, 11) is 0. The number of nitrogens with zero attached hydrogens (tertiary/aromatic N) is 4. The third-order valence-corrected chi connectivity index (χ3v) is 3.79. The molecule has 21 heavy (non-hydrogen) atoms. The largest absolute Gasteiger partial charge is 0.325 e. The monoisotopic (exact) mass is 301 g/mol. The molecule has 0 spiro atoms. The molecule has 2 rings (SSSR count). The number of nitrogens with one attached hydrogen (secondary N) is 1. The van der Waals surface area contributed by atoms with Crippen molar-refractivity contribution in [2.45, 2.75) is 25.0 Å². The maximum atomic E-state index is 11.9. The lowest BCUT2D eigenvalue weighted by Crippen LogP contribution is -2.13. The summed E-state index contributed by atoms with van der Waals surface area (Å²) in [6.45, 7) is 2.82. The van der Waals surface area contributed by atoms with Crippen molar-refractivity contribution >= 4 is 23.4 Å². The van der Waals surface area contributed by atoms with Crippen LogP contribution in [0.1, 0.15) is 18.9 Å². The molecule has 7 heteroatoms. The molecule has 1 amide bonds. The second-order valence-electron chi connectivity index (χ2n) is 4.20. The van der Waals surface area contributed by atoms with Crippen LogP contribution in [0.25, 0.3) is 0 Å². The molecule has 0 atom stereocenters. The molecule has 0 aliphatic heterocycles. The van der Waals surface area contributed by atoms with Crippen LogP contribution in [0.4, 0.5) is 5.69 Å². The average molecular weight is 301 g/mol. The minimum atomic E-state index is -0.118. The second kappa shape index (κ2) is 7.45. The molecule has 2 aromatic rings. The Bertz CT molecular complexity index is 661. The van der Waals surface area contributed by atoms with Crippen LogP contribution in [0.5, 0.6) is 0 Å². The number of rotatable bonds is 6. The van der Waals surface area contributed by atoms with Crippen LogP contribution in [0, 0.1) is 11.3 Å². The van der Waals surface area contributed by atoms with Gasteiger partial charge in [0, 0.05) is 18.7 Å². The number of benzene rings is 1. The van der Waals surface area contributed by atoms with Gasteiger partial charge in [-0.05, 0) is 19.1 Å². The summed E-state index contributed by atoms with van der Waals surface area (Å²) < 4.78 is 1.92. The first-order valence-electron chi connectivity index (χ1n) is 6.54. The van der Waals surface area contributed by atoms with Crippen LogP contribution >= 0.6 is 11.8 Å². The number of aromatic nitrogens is 3. The fourth-order valence-electron chi connectivity index (χ4n) is 1.71. The van der Waals surface area contributed by atoms with Crippen LogP contribution in [0.3, 0.4) is 0 Å². The quantitative estimate of drug-likeness (QED) is 0.828. The van der Waals surface area contributed by atoms with Gasteiger partial charge in [-0.3, -0.25) is 4.79 Å². The normalized spacial score (nSPS) is 10.1. The van der Waals surface area contributed by atoms with Crippen LogP contribution in [-0.2, 0) is 11.3 Å². The van der Waals surface area contributed by atoms with Gasteiger partial charge in [-0.1, -0.05) is 23.9 Å². The van der Waals surface area contributed by atoms with Gasteiger partial charge in [-0.2, -0.15) is 5.26 Å². The highest BCUT2D eigenvalue weighted by atomic mass is 32.2. The van der Waals surface area contributed by atoms with Crippen molar-refractivity contribution in [1.82, 2.24) is 14.8 Å². The number of carbonyl (C=O) groups excluding carboxylic acids is 1. The highest BCUT2D eigenvalue weighted by molar-refractivity contribution is 7.99. The molecular weight excluding hydrogens is 286 g/mol. The van der Waals surface area contributed by atoms with Gasteiger partial charge < -0.3 is 9.88 Å². The first-order chi connectivity index (χ1) is 10.2. The average Bonchev–Trinajstić information content (AvgIpc) is 2.95. The van der Waals surface area contributed by atoms with E-state index in [0.717, 1.165) is 11.7 Å². The topological polar surface area (TPSA) is 83.6 Å². The predicted molar refractivity (Wildman–Crippen MR) is 80.8 cm³/mol. The van der Waals surface area contributed by atoms with Crippen molar-refractivity contribution in [2.24, 2.45) is 0 Å². The minimum Gasteiger partial charge on any atom is -0.325 e. The maximum Gasteiger partial charge on any atom is 0.225 e. The lowest BCUT2D eigenvalue weighted by atomic mass is 10.2. The fourth-order valence-corrected chi connectivity index (χ4v) is 2.63. The van der Waals surface area contributed by atoms with Gasteiger partial charge >= 0.3 is 0 Å². The predicted octanol–water partition coefficient (Wildman–Crippen LogP) is 2.29. The fraction of sp³-hybridized carbons (Fsp3) is 0.286. The van der Waals surface area contributed by atoms with Gasteiger partial charge in [0.2, 0.25) is 5.91 Å². The zero-order chi connectivity index (χ0) is 15.1. The minimum absolute atomic E-state index is 0.118. The number of carbonyl (C=O) groups is 1. The lowest BCUT2D eigenvalue weighted by molar-refractivity contribution is -0.115. The number of aryl methyl sites for hydroxylation is 1. The van der Waals surface area contributed by atoms with Gasteiger partial charge in [0.05, 0.1) is 11.3 Å². The molecule has 0 aliphatic carbocycles. The molecule has 6 nitrogen and oxygen atoms in total. The van der Waals surface area contributed by atoms with Crippen molar-refractivity contribution in [3.05, 3.63) is 36.2 Å². The van der Waals surface area contributed by atoms with Crippen molar-refractivity contribution in [2.75, 3.05) is 11.1 Å². The van der Waals surface area contributed by atoms with Gasteiger partial charge in [-0.15, -0.1) is 10.2 Å². The van der Waals surface area contributed by atoms with E-state index in [1.54, 1.807) is 30.6 Å². The van der Waals surface area contributed by atoms with E-state index in [9.17, 15) is 4.79 Å². The van der Waals surface area contributed by atoms with E-state index >= 15 is 0 Å². The smallest absolute Gasteiger partial charge is 0.225 e. The Kier molecular flexibility index (Phi) is 5.35. The van der Waals surface area contributed by atoms with E-state index < -0.39 is 0 Å². The molecule has 1 aromatic heterocycles. The SMILES string of the molecule is CCn1cnnc1SCCC(=O)Nc1ccccc1C#N. The Balaban J connectivity index is 1.84. The summed E-state index contributed by atoms with van der Waals surface area (Å²) in [5.74, 6) is 0.493. The zero-order valence-corrected chi connectivity index (χ0v) is 12.4. The first kappa shape index (κ1) is 15.1. The third kappa shape index (κ3) is 4.07. The molecule has 0 unspecified atom stereocenters. The molecule has 0 aliphatic rings. The van der Waals surface area contributed by atoms with E-state index in [-0.39, 0.29) is 5.91 Å². The molecule has 0 fully saturated rings. The third-order valence-electron chi connectivity index (χ3n) is 2.80. The summed E-state index contributed by atoms with van der Waals surface area (Å²) in [5, 5.41) is 20.4. The standard InChI is InChI=1S/C14H15N5OS/c1-2-19-10-16-18-14(19)21-8-7-13(20)17-12-6-4-3-5-11(12)9-15/h3-6,10H,2,7-8H2,1H3,(H,17,20). The molecular formula is C14H15N5OS. The molecule has 1 N–H and O–H groups in total. The Hall–Kier alpha value is -2.33. The van der Waals surface area contributed by atoms with E-state index in [1.165, 1.54) is 11.8 Å². The number of para-hydroxylation sites is 1. The summed E-state index contributed by atoms with van der Waals surface area (Å²) in [4.78, 5) is 11.9. The number of nitriles is 1. The highest BCUT2D eigenvalue weighted by Crippen LogP contribution is 2.17. The van der Waals surface area contributed by atoms with Crippen molar-refractivity contribution in [3.8, 4) is 6.07 Å². The molecule has 0 bridgehead atoms. The van der Waals surface area contributed by atoms with Crippen molar-refractivity contribution < 1.29 is 4.79 Å². The Morgan fingerprint density at radius 2 is 2.29 bits per heavy atom. The summed E-state index contributed by atoms with van der Waals surface area (Å²) >= 11 is 1.49. The first-order valence-corrected chi connectivity index (χ1v) is 7.52. The van der Waals surface area contributed by atoms with Crippen LogP contribution < -0.4 is 5.32 Å². The second-order valence-corrected chi connectivity index (χ2v) is 5.27. The molecule has 0 saturated carbocycles. The lowest BCUT2D eigenvalue weighted by Gasteiger charge is -2.06.